The summed E-state index contributed by atoms with van der Waals surface area (Å²) in [6, 6.07) is 6.70. The zero-order valence-electron chi connectivity index (χ0n) is 10.2. The molecular formula is C12H19NO3S. The number of anilines is 1. The number of aliphatic hydroxyl groups excluding tert-OH is 1. The first-order valence-electron chi connectivity index (χ1n) is 5.67. The van der Waals surface area contributed by atoms with Crippen LogP contribution in [0, 0.1) is 0 Å². The predicted molar refractivity (Wildman–Crippen MR) is 69.0 cm³/mol. The van der Waals surface area contributed by atoms with Gasteiger partial charge >= 0.3 is 0 Å². The van der Waals surface area contributed by atoms with Crippen molar-refractivity contribution in [3.63, 3.8) is 0 Å². The van der Waals surface area contributed by atoms with Gasteiger partial charge in [-0.1, -0.05) is 0 Å². The van der Waals surface area contributed by atoms with Crippen molar-refractivity contribution in [3.05, 3.63) is 24.3 Å². The third-order valence-corrected chi connectivity index (χ3v) is 4.64. The van der Waals surface area contributed by atoms with E-state index in [1.54, 1.807) is 38.1 Å². The average Bonchev–Trinajstić information content (AvgIpc) is 2.30. The van der Waals surface area contributed by atoms with E-state index in [9.17, 15) is 8.42 Å². The summed E-state index contributed by atoms with van der Waals surface area (Å²) in [5, 5.41) is 11.3. The van der Waals surface area contributed by atoms with Gasteiger partial charge < -0.3 is 10.4 Å². The average molecular weight is 257 g/mol. The van der Waals surface area contributed by atoms with Crippen LogP contribution >= 0.6 is 0 Å². The molecule has 0 aliphatic rings. The smallest absolute Gasteiger partial charge is 0.180 e. The van der Waals surface area contributed by atoms with Gasteiger partial charge in [0.25, 0.3) is 0 Å². The fourth-order valence-corrected chi connectivity index (χ4v) is 2.41. The Labute approximate surface area is 103 Å². The molecule has 0 radical (unpaired) electrons. The van der Waals surface area contributed by atoms with Crippen LogP contribution in [0.2, 0.25) is 0 Å². The Hall–Kier alpha value is -1.07. The van der Waals surface area contributed by atoms with Crippen molar-refractivity contribution in [2.45, 2.75) is 30.4 Å². The predicted octanol–water partition coefficient (Wildman–Crippen LogP) is 1.66. The Morgan fingerprint density at radius 2 is 1.82 bits per heavy atom. The van der Waals surface area contributed by atoms with Gasteiger partial charge in [-0.25, -0.2) is 8.42 Å². The van der Waals surface area contributed by atoms with Gasteiger partial charge in [-0.05, 0) is 44.5 Å². The highest BCUT2D eigenvalue weighted by Gasteiger charge is 2.18. The van der Waals surface area contributed by atoms with Crippen molar-refractivity contribution < 1.29 is 13.5 Å². The van der Waals surface area contributed by atoms with E-state index in [0.717, 1.165) is 5.69 Å². The van der Waals surface area contributed by atoms with Gasteiger partial charge in [0.05, 0.1) is 10.1 Å². The second kappa shape index (κ2) is 6.02. The Balaban J connectivity index is 2.75. The summed E-state index contributed by atoms with van der Waals surface area (Å²) >= 11 is 0. The molecule has 0 saturated heterocycles. The maximum atomic E-state index is 11.9. The quantitative estimate of drug-likeness (QED) is 0.761. The summed E-state index contributed by atoms with van der Waals surface area (Å²) in [5.41, 5.74) is 0.862. The Kier molecular flexibility index (Phi) is 4.96. The molecule has 1 aromatic rings. The molecule has 0 unspecified atom stereocenters. The lowest BCUT2D eigenvalue weighted by molar-refractivity contribution is 0.292. The standard InChI is InChI=1S/C12H19NO3S/c1-10(2)17(15,16)12-6-4-11(5-7-12)13-8-3-9-14/h4-7,10,13-14H,3,8-9H2,1-2H3. The molecule has 96 valence electrons. The van der Waals surface area contributed by atoms with Crippen LogP contribution in [0.4, 0.5) is 5.69 Å². The fraction of sp³-hybridized carbons (Fsp3) is 0.500. The first-order valence-corrected chi connectivity index (χ1v) is 7.22. The molecular weight excluding hydrogens is 238 g/mol. The fourth-order valence-electron chi connectivity index (χ4n) is 1.35. The number of aliphatic hydroxyl groups is 1. The zero-order chi connectivity index (χ0) is 12.9. The third-order valence-electron chi connectivity index (χ3n) is 2.47. The van der Waals surface area contributed by atoms with Crippen LogP contribution in [0.25, 0.3) is 0 Å². The molecule has 0 aliphatic carbocycles. The number of sulfone groups is 1. The van der Waals surface area contributed by atoms with E-state index in [1.165, 1.54) is 0 Å². The van der Waals surface area contributed by atoms with E-state index in [2.05, 4.69) is 5.32 Å². The maximum Gasteiger partial charge on any atom is 0.180 e. The molecule has 0 saturated carbocycles. The van der Waals surface area contributed by atoms with E-state index < -0.39 is 15.1 Å². The van der Waals surface area contributed by atoms with Crippen molar-refractivity contribution in [2.24, 2.45) is 0 Å². The molecule has 0 spiro atoms. The maximum absolute atomic E-state index is 11.9. The molecule has 0 fully saturated rings. The van der Waals surface area contributed by atoms with Crippen LogP contribution in [0.1, 0.15) is 20.3 Å². The first-order chi connectivity index (χ1) is 7.98. The number of hydrogen-bond donors (Lipinski definition) is 2. The number of nitrogens with one attached hydrogen (secondary N) is 1. The highest BCUT2D eigenvalue weighted by Crippen LogP contribution is 2.18. The highest BCUT2D eigenvalue weighted by molar-refractivity contribution is 7.92. The number of benzene rings is 1. The van der Waals surface area contributed by atoms with Gasteiger partial charge in [-0.2, -0.15) is 0 Å². The van der Waals surface area contributed by atoms with Crippen molar-refractivity contribution in [3.8, 4) is 0 Å². The highest BCUT2D eigenvalue weighted by atomic mass is 32.2. The molecule has 0 aromatic heterocycles. The van der Waals surface area contributed by atoms with E-state index in [4.69, 9.17) is 5.11 Å². The molecule has 1 rings (SSSR count). The zero-order valence-corrected chi connectivity index (χ0v) is 11.0. The van der Waals surface area contributed by atoms with Crippen LogP contribution in [-0.4, -0.2) is 31.9 Å². The second-order valence-electron chi connectivity index (χ2n) is 4.12. The molecule has 0 heterocycles. The minimum Gasteiger partial charge on any atom is -0.396 e. The van der Waals surface area contributed by atoms with E-state index in [0.29, 0.717) is 17.9 Å². The van der Waals surface area contributed by atoms with E-state index in [-0.39, 0.29) is 6.61 Å². The third kappa shape index (κ3) is 3.71. The Bertz CT molecular complexity index is 437. The number of rotatable bonds is 6. The molecule has 17 heavy (non-hydrogen) atoms. The van der Waals surface area contributed by atoms with Gasteiger partial charge in [-0.3, -0.25) is 0 Å². The molecule has 0 bridgehead atoms. The number of hydrogen-bond acceptors (Lipinski definition) is 4. The summed E-state index contributed by atoms with van der Waals surface area (Å²) in [6.45, 7) is 4.16. The summed E-state index contributed by atoms with van der Waals surface area (Å²) in [5.74, 6) is 0. The Morgan fingerprint density at radius 3 is 2.29 bits per heavy atom. The van der Waals surface area contributed by atoms with Gasteiger partial charge in [0.15, 0.2) is 9.84 Å². The van der Waals surface area contributed by atoms with Gasteiger partial charge in [0.1, 0.15) is 0 Å². The van der Waals surface area contributed by atoms with E-state index >= 15 is 0 Å². The van der Waals surface area contributed by atoms with Crippen LogP contribution in [0.5, 0.6) is 0 Å². The second-order valence-corrected chi connectivity index (χ2v) is 6.63. The molecule has 0 atom stereocenters. The minimum atomic E-state index is -3.19. The van der Waals surface area contributed by atoms with Crippen molar-refractivity contribution >= 4 is 15.5 Å². The summed E-state index contributed by atoms with van der Waals surface area (Å²) in [4.78, 5) is 0.347. The SMILES string of the molecule is CC(C)S(=O)(=O)c1ccc(NCCCO)cc1. The summed E-state index contributed by atoms with van der Waals surface area (Å²) < 4.78 is 23.7. The van der Waals surface area contributed by atoms with Crippen LogP contribution in [0.3, 0.4) is 0 Å². The monoisotopic (exact) mass is 257 g/mol. The van der Waals surface area contributed by atoms with Crippen LogP contribution < -0.4 is 5.32 Å². The molecule has 1 aromatic carbocycles. The molecule has 5 heteroatoms. The van der Waals surface area contributed by atoms with Gasteiger partial charge in [0.2, 0.25) is 0 Å². The lowest BCUT2D eigenvalue weighted by atomic mass is 10.3. The van der Waals surface area contributed by atoms with Crippen molar-refractivity contribution in [1.82, 2.24) is 0 Å². The topological polar surface area (TPSA) is 66.4 Å². The lowest BCUT2D eigenvalue weighted by Crippen LogP contribution is -2.14. The molecule has 0 aliphatic heterocycles. The Morgan fingerprint density at radius 1 is 1.24 bits per heavy atom. The minimum absolute atomic E-state index is 0.146. The molecule has 2 N–H and O–H groups in total. The normalized spacial score (nSPS) is 11.8. The summed E-state index contributed by atoms with van der Waals surface area (Å²) in [6.07, 6.45) is 0.673. The molecule has 4 nitrogen and oxygen atoms in total. The first kappa shape index (κ1) is 14.0. The van der Waals surface area contributed by atoms with Crippen LogP contribution in [-0.2, 0) is 9.84 Å². The van der Waals surface area contributed by atoms with Gasteiger partial charge in [-0.15, -0.1) is 0 Å². The van der Waals surface area contributed by atoms with Gasteiger partial charge in [0, 0.05) is 18.8 Å². The molecule has 0 amide bonds. The summed E-state index contributed by atoms with van der Waals surface area (Å²) in [7, 11) is -3.19. The van der Waals surface area contributed by atoms with Crippen molar-refractivity contribution in [1.29, 1.82) is 0 Å². The van der Waals surface area contributed by atoms with E-state index in [1.807, 2.05) is 0 Å². The largest absolute Gasteiger partial charge is 0.396 e. The van der Waals surface area contributed by atoms with Crippen LogP contribution in [0.15, 0.2) is 29.2 Å². The van der Waals surface area contributed by atoms with Crippen molar-refractivity contribution in [2.75, 3.05) is 18.5 Å². The lowest BCUT2D eigenvalue weighted by Gasteiger charge is -2.09.